The van der Waals surface area contributed by atoms with Crippen LogP contribution in [0.25, 0.3) is 22.4 Å². The molecule has 3 aromatic heterocycles. The number of aromatic nitrogens is 3. The van der Waals surface area contributed by atoms with E-state index < -0.39 is 0 Å². The first-order chi connectivity index (χ1) is 9.65. The third-order valence-corrected chi connectivity index (χ3v) is 3.83. The van der Waals surface area contributed by atoms with Gasteiger partial charge in [-0.25, -0.2) is 4.98 Å². The van der Waals surface area contributed by atoms with Gasteiger partial charge in [0.25, 0.3) is 0 Å². The Labute approximate surface area is 121 Å². The van der Waals surface area contributed by atoms with Crippen LogP contribution >= 0.6 is 11.3 Å². The van der Waals surface area contributed by atoms with E-state index in [0.717, 1.165) is 22.4 Å². The van der Waals surface area contributed by atoms with Gasteiger partial charge in [0.05, 0.1) is 0 Å². The molecule has 0 aliphatic heterocycles. The molecule has 0 saturated carbocycles. The maximum atomic E-state index is 5.80. The molecule has 0 aromatic carbocycles. The van der Waals surface area contributed by atoms with Crippen molar-refractivity contribution in [3.63, 3.8) is 0 Å². The van der Waals surface area contributed by atoms with E-state index in [2.05, 4.69) is 41.9 Å². The van der Waals surface area contributed by atoms with Gasteiger partial charge >= 0.3 is 0 Å². The van der Waals surface area contributed by atoms with Gasteiger partial charge in [0, 0.05) is 34.9 Å². The fourth-order valence-electron chi connectivity index (χ4n) is 2.10. The van der Waals surface area contributed by atoms with Crippen LogP contribution in [0.3, 0.4) is 0 Å². The number of rotatable bonds is 3. The van der Waals surface area contributed by atoms with Gasteiger partial charge in [-0.1, -0.05) is 0 Å². The van der Waals surface area contributed by atoms with Crippen molar-refractivity contribution in [1.82, 2.24) is 14.8 Å². The summed E-state index contributed by atoms with van der Waals surface area (Å²) >= 11 is 1.67. The Kier molecular flexibility index (Phi) is 3.28. The van der Waals surface area contributed by atoms with Gasteiger partial charge in [0.2, 0.25) is 0 Å². The zero-order valence-corrected chi connectivity index (χ0v) is 12.3. The molecule has 5 heteroatoms. The molecule has 3 aromatic rings. The minimum absolute atomic E-state index is 0.320. The van der Waals surface area contributed by atoms with Gasteiger partial charge in [0.15, 0.2) is 0 Å². The lowest BCUT2D eigenvalue weighted by atomic mass is 10.0. The van der Waals surface area contributed by atoms with Crippen LogP contribution in [0.5, 0.6) is 0 Å². The van der Waals surface area contributed by atoms with Gasteiger partial charge in [-0.05, 0) is 43.0 Å². The molecule has 0 fully saturated rings. The molecule has 0 bridgehead atoms. The number of nitrogen functional groups attached to an aromatic ring is 1. The molecule has 0 saturated heterocycles. The van der Waals surface area contributed by atoms with Crippen LogP contribution in [0.4, 0.5) is 5.82 Å². The number of pyridine rings is 1. The predicted molar refractivity (Wildman–Crippen MR) is 83.6 cm³/mol. The lowest BCUT2D eigenvalue weighted by molar-refractivity contribution is 0.534. The number of thiophene rings is 1. The van der Waals surface area contributed by atoms with E-state index in [1.807, 2.05) is 16.8 Å². The summed E-state index contributed by atoms with van der Waals surface area (Å²) in [5, 5.41) is 8.90. The number of nitrogens with two attached hydrogens (primary N) is 1. The SMILES string of the molecule is CC(C)n1cc(-c2ccnc(N)c2)c(-c2ccsc2)n1. The maximum absolute atomic E-state index is 5.80. The van der Waals surface area contributed by atoms with Crippen molar-refractivity contribution in [2.75, 3.05) is 5.73 Å². The highest BCUT2D eigenvalue weighted by Gasteiger charge is 2.15. The molecule has 0 spiro atoms. The van der Waals surface area contributed by atoms with Crippen molar-refractivity contribution >= 4 is 17.2 Å². The van der Waals surface area contributed by atoms with E-state index in [-0.39, 0.29) is 0 Å². The molecule has 0 aliphatic carbocycles. The van der Waals surface area contributed by atoms with Gasteiger partial charge in [-0.3, -0.25) is 4.68 Å². The Morgan fingerprint density at radius 3 is 2.75 bits per heavy atom. The first-order valence-electron chi connectivity index (χ1n) is 6.49. The van der Waals surface area contributed by atoms with Gasteiger partial charge < -0.3 is 5.73 Å². The fraction of sp³-hybridized carbons (Fsp3) is 0.200. The summed E-state index contributed by atoms with van der Waals surface area (Å²) in [6, 6.07) is 6.26. The molecular formula is C15H16N4S. The monoisotopic (exact) mass is 284 g/mol. The molecule has 0 unspecified atom stereocenters. The zero-order valence-electron chi connectivity index (χ0n) is 11.4. The molecule has 4 nitrogen and oxygen atoms in total. The molecule has 0 amide bonds. The number of anilines is 1. The normalized spacial score (nSPS) is 11.2. The van der Waals surface area contributed by atoms with Crippen LogP contribution in [0.1, 0.15) is 19.9 Å². The van der Waals surface area contributed by atoms with Crippen molar-refractivity contribution in [2.24, 2.45) is 0 Å². The van der Waals surface area contributed by atoms with E-state index >= 15 is 0 Å². The Bertz CT molecular complexity index is 713. The van der Waals surface area contributed by atoms with Gasteiger partial charge in [-0.2, -0.15) is 16.4 Å². The molecule has 0 aliphatic rings. The third kappa shape index (κ3) is 2.32. The van der Waals surface area contributed by atoms with Crippen molar-refractivity contribution in [1.29, 1.82) is 0 Å². The summed E-state index contributed by atoms with van der Waals surface area (Å²) in [5.41, 5.74) is 10.1. The van der Waals surface area contributed by atoms with Crippen LogP contribution in [-0.2, 0) is 0 Å². The van der Waals surface area contributed by atoms with Crippen LogP contribution in [-0.4, -0.2) is 14.8 Å². The Morgan fingerprint density at radius 2 is 2.10 bits per heavy atom. The average Bonchev–Trinajstić information content (AvgIpc) is 3.07. The number of hydrogen-bond donors (Lipinski definition) is 1. The summed E-state index contributed by atoms with van der Waals surface area (Å²) in [7, 11) is 0. The zero-order chi connectivity index (χ0) is 14.1. The minimum atomic E-state index is 0.320. The number of hydrogen-bond acceptors (Lipinski definition) is 4. The number of nitrogens with zero attached hydrogens (tertiary/aromatic N) is 3. The van der Waals surface area contributed by atoms with E-state index in [4.69, 9.17) is 10.8 Å². The van der Waals surface area contributed by atoms with E-state index in [9.17, 15) is 0 Å². The van der Waals surface area contributed by atoms with Crippen molar-refractivity contribution < 1.29 is 0 Å². The van der Waals surface area contributed by atoms with Crippen LogP contribution in [0, 0.1) is 0 Å². The van der Waals surface area contributed by atoms with E-state index in [0.29, 0.717) is 11.9 Å². The third-order valence-electron chi connectivity index (χ3n) is 3.15. The van der Waals surface area contributed by atoms with Gasteiger partial charge in [0.1, 0.15) is 11.5 Å². The highest BCUT2D eigenvalue weighted by atomic mass is 32.1. The van der Waals surface area contributed by atoms with Crippen LogP contribution < -0.4 is 5.73 Å². The Hall–Kier alpha value is -2.14. The molecule has 20 heavy (non-hydrogen) atoms. The molecule has 3 rings (SSSR count). The average molecular weight is 284 g/mol. The largest absolute Gasteiger partial charge is 0.384 e. The van der Waals surface area contributed by atoms with Crippen LogP contribution in [0.15, 0.2) is 41.4 Å². The molecule has 3 heterocycles. The second-order valence-corrected chi connectivity index (χ2v) is 5.73. The summed E-state index contributed by atoms with van der Waals surface area (Å²) in [4.78, 5) is 4.05. The van der Waals surface area contributed by atoms with Gasteiger partial charge in [-0.15, -0.1) is 0 Å². The topological polar surface area (TPSA) is 56.7 Å². The molecule has 0 radical (unpaired) electrons. The Morgan fingerprint density at radius 1 is 1.25 bits per heavy atom. The quantitative estimate of drug-likeness (QED) is 0.795. The summed E-state index contributed by atoms with van der Waals surface area (Å²) in [6.07, 6.45) is 3.81. The summed E-state index contributed by atoms with van der Waals surface area (Å²) < 4.78 is 1.99. The first kappa shape index (κ1) is 12.9. The fourth-order valence-corrected chi connectivity index (χ4v) is 2.74. The maximum Gasteiger partial charge on any atom is 0.123 e. The van der Waals surface area contributed by atoms with Crippen molar-refractivity contribution in [3.05, 3.63) is 41.4 Å². The Balaban J connectivity index is 2.18. The second kappa shape index (κ2) is 5.09. The highest BCUT2D eigenvalue weighted by Crippen LogP contribution is 2.33. The van der Waals surface area contributed by atoms with E-state index in [1.165, 1.54) is 0 Å². The summed E-state index contributed by atoms with van der Waals surface area (Å²) in [6.45, 7) is 4.24. The minimum Gasteiger partial charge on any atom is -0.384 e. The highest BCUT2D eigenvalue weighted by molar-refractivity contribution is 7.08. The lowest BCUT2D eigenvalue weighted by Gasteiger charge is -2.03. The molecule has 102 valence electrons. The van der Waals surface area contributed by atoms with Crippen LogP contribution in [0.2, 0.25) is 0 Å². The standard InChI is InChI=1S/C15H16N4S/c1-10(2)19-8-13(11-3-5-17-14(16)7-11)15(18-19)12-4-6-20-9-12/h3-10H,1-2H3,(H2,16,17). The first-order valence-corrected chi connectivity index (χ1v) is 7.43. The van der Waals surface area contributed by atoms with Crippen molar-refractivity contribution in [2.45, 2.75) is 19.9 Å². The van der Waals surface area contributed by atoms with E-state index in [1.54, 1.807) is 17.5 Å². The predicted octanol–water partition coefficient (Wildman–Crippen LogP) is 3.84. The van der Waals surface area contributed by atoms with Crippen molar-refractivity contribution in [3.8, 4) is 22.4 Å². The molecule has 2 N–H and O–H groups in total. The summed E-state index contributed by atoms with van der Waals surface area (Å²) in [5.74, 6) is 0.524. The second-order valence-electron chi connectivity index (χ2n) is 4.95. The smallest absolute Gasteiger partial charge is 0.123 e. The lowest BCUT2D eigenvalue weighted by Crippen LogP contribution is -2.00. The molecule has 0 atom stereocenters. The molecular weight excluding hydrogens is 268 g/mol.